The van der Waals surface area contributed by atoms with E-state index in [-0.39, 0.29) is 0 Å². The maximum atomic E-state index is 12.8. The Hall–Kier alpha value is -1.47. The molecular formula is C8H8FNO4S. The third-order valence-corrected chi connectivity index (χ3v) is 2.62. The number of hydrogen-bond acceptors (Lipinski definition) is 4. The molecule has 0 bridgehead atoms. The highest BCUT2D eigenvalue weighted by atomic mass is 32.2. The molecule has 5 nitrogen and oxygen atoms in total. The van der Waals surface area contributed by atoms with Crippen LogP contribution in [0.5, 0.6) is 0 Å². The third-order valence-electron chi connectivity index (χ3n) is 1.65. The lowest BCUT2D eigenvalue weighted by Gasteiger charge is -2.05. The summed E-state index contributed by atoms with van der Waals surface area (Å²) in [6.45, 7) is 0. The molecule has 0 aliphatic rings. The Bertz CT molecular complexity index is 497. The van der Waals surface area contributed by atoms with Crippen LogP contribution in [0.15, 0.2) is 23.1 Å². The normalized spacial score (nSPS) is 11.1. The summed E-state index contributed by atoms with van der Waals surface area (Å²) in [5.41, 5.74) is -0.417. The number of primary sulfonamides is 1. The Morgan fingerprint density at radius 1 is 1.47 bits per heavy atom. The second-order valence-corrected chi connectivity index (χ2v) is 4.21. The van der Waals surface area contributed by atoms with Crippen molar-refractivity contribution in [2.45, 2.75) is 4.90 Å². The number of halogens is 1. The van der Waals surface area contributed by atoms with Crippen LogP contribution in [0.1, 0.15) is 10.4 Å². The van der Waals surface area contributed by atoms with Gasteiger partial charge in [-0.3, -0.25) is 0 Å². The number of sulfonamides is 1. The van der Waals surface area contributed by atoms with Crippen molar-refractivity contribution in [3.05, 3.63) is 29.6 Å². The van der Waals surface area contributed by atoms with Crippen molar-refractivity contribution in [2.24, 2.45) is 5.14 Å². The van der Waals surface area contributed by atoms with E-state index in [1.165, 1.54) is 0 Å². The van der Waals surface area contributed by atoms with Gasteiger partial charge in [-0.1, -0.05) is 0 Å². The first-order chi connectivity index (χ1) is 6.86. The van der Waals surface area contributed by atoms with Crippen LogP contribution in [0.4, 0.5) is 4.39 Å². The number of rotatable bonds is 2. The molecule has 0 aromatic heterocycles. The molecule has 0 radical (unpaired) electrons. The van der Waals surface area contributed by atoms with Crippen LogP contribution in [-0.2, 0) is 14.8 Å². The Morgan fingerprint density at radius 2 is 2.07 bits per heavy atom. The van der Waals surface area contributed by atoms with Crippen LogP contribution in [0.25, 0.3) is 0 Å². The lowest BCUT2D eigenvalue weighted by atomic mass is 10.2. The van der Waals surface area contributed by atoms with E-state index in [9.17, 15) is 17.6 Å². The van der Waals surface area contributed by atoms with Crippen molar-refractivity contribution < 1.29 is 22.3 Å². The molecule has 82 valence electrons. The molecule has 0 atom stereocenters. The zero-order valence-corrected chi connectivity index (χ0v) is 8.55. The predicted molar refractivity (Wildman–Crippen MR) is 49.1 cm³/mol. The van der Waals surface area contributed by atoms with E-state index in [1.54, 1.807) is 0 Å². The topological polar surface area (TPSA) is 86.5 Å². The number of hydrogen-bond donors (Lipinski definition) is 1. The summed E-state index contributed by atoms with van der Waals surface area (Å²) in [7, 11) is -3.02. The molecule has 0 aliphatic carbocycles. The fourth-order valence-corrected chi connectivity index (χ4v) is 1.73. The number of esters is 1. The second-order valence-electron chi connectivity index (χ2n) is 2.68. The minimum absolute atomic E-state index is 0.417. The molecule has 0 saturated carbocycles. The fraction of sp³-hybridized carbons (Fsp3) is 0.125. The van der Waals surface area contributed by atoms with Crippen molar-refractivity contribution in [1.29, 1.82) is 0 Å². The molecule has 15 heavy (non-hydrogen) atoms. The molecule has 0 spiro atoms. The summed E-state index contributed by atoms with van der Waals surface area (Å²) in [5.74, 6) is -1.71. The van der Waals surface area contributed by atoms with Gasteiger partial charge in [0.25, 0.3) is 0 Å². The van der Waals surface area contributed by atoms with E-state index in [0.717, 1.165) is 25.3 Å². The highest BCUT2D eigenvalue weighted by molar-refractivity contribution is 7.89. The van der Waals surface area contributed by atoms with Crippen LogP contribution in [-0.4, -0.2) is 21.5 Å². The van der Waals surface area contributed by atoms with E-state index in [0.29, 0.717) is 0 Å². The standard InChI is InChI=1S/C8H8FNO4S/c1-14-8(11)6-4-5(9)2-3-7(6)15(10,12)13/h2-4H,1H3,(H2,10,12,13). The SMILES string of the molecule is COC(=O)c1cc(F)ccc1S(N)(=O)=O. The summed E-state index contributed by atoms with van der Waals surface area (Å²) < 4.78 is 39.2. The van der Waals surface area contributed by atoms with Gasteiger partial charge in [-0.15, -0.1) is 0 Å². The summed E-state index contributed by atoms with van der Waals surface area (Å²) in [4.78, 5) is 10.7. The lowest BCUT2D eigenvalue weighted by molar-refractivity contribution is 0.0595. The molecule has 0 saturated heterocycles. The second kappa shape index (κ2) is 3.95. The molecule has 0 fully saturated rings. The van der Waals surface area contributed by atoms with E-state index in [4.69, 9.17) is 5.14 Å². The van der Waals surface area contributed by atoms with Crippen LogP contribution in [0.2, 0.25) is 0 Å². The van der Waals surface area contributed by atoms with Crippen LogP contribution in [0, 0.1) is 5.82 Å². The zero-order chi connectivity index (χ0) is 11.6. The molecule has 7 heteroatoms. The number of carbonyl (C=O) groups is 1. The highest BCUT2D eigenvalue weighted by Crippen LogP contribution is 2.16. The van der Waals surface area contributed by atoms with Gasteiger partial charge in [-0.25, -0.2) is 22.7 Å². The van der Waals surface area contributed by atoms with Crippen molar-refractivity contribution in [3.8, 4) is 0 Å². The van der Waals surface area contributed by atoms with Gasteiger partial charge in [0.1, 0.15) is 5.82 Å². The minimum Gasteiger partial charge on any atom is -0.465 e. The minimum atomic E-state index is -4.07. The molecule has 0 heterocycles. The average Bonchev–Trinajstić information content (AvgIpc) is 2.14. The van der Waals surface area contributed by atoms with Gasteiger partial charge in [0.05, 0.1) is 17.6 Å². The first-order valence-corrected chi connectivity index (χ1v) is 5.31. The summed E-state index contributed by atoms with van der Waals surface area (Å²) in [6, 6.07) is 2.56. The molecule has 1 rings (SSSR count). The Balaban J connectivity index is 3.47. The zero-order valence-electron chi connectivity index (χ0n) is 7.73. The van der Waals surface area contributed by atoms with Gasteiger partial charge in [0.15, 0.2) is 0 Å². The number of methoxy groups -OCH3 is 1. The van der Waals surface area contributed by atoms with E-state index < -0.39 is 32.3 Å². The Labute approximate surface area is 85.7 Å². The van der Waals surface area contributed by atoms with Crippen LogP contribution in [0.3, 0.4) is 0 Å². The van der Waals surface area contributed by atoms with Gasteiger partial charge in [-0.2, -0.15) is 0 Å². The molecule has 0 aliphatic heterocycles. The highest BCUT2D eigenvalue weighted by Gasteiger charge is 2.20. The summed E-state index contributed by atoms with van der Waals surface area (Å²) in [6.07, 6.45) is 0. The largest absolute Gasteiger partial charge is 0.465 e. The van der Waals surface area contributed by atoms with Gasteiger partial charge >= 0.3 is 5.97 Å². The summed E-state index contributed by atoms with van der Waals surface area (Å²) >= 11 is 0. The molecule has 1 aromatic rings. The number of ether oxygens (including phenoxy) is 1. The van der Waals surface area contributed by atoms with Crippen molar-refractivity contribution in [1.82, 2.24) is 0 Å². The Morgan fingerprint density at radius 3 is 2.53 bits per heavy atom. The first kappa shape index (κ1) is 11.6. The smallest absolute Gasteiger partial charge is 0.339 e. The fourth-order valence-electron chi connectivity index (χ4n) is 1.02. The predicted octanol–water partition coefficient (Wildman–Crippen LogP) is 0.260. The van der Waals surface area contributed by atoms with Crippen molar-refractivity contribution >= 4 is 16.0 Å². The van der Waals surface area contributed by atoms with Gasteiger partial charge in [-0.05, 0) is 18.2 Å². The number of nitrogens with two attached hydrogens (primary N) is 1. The van der Waals surface area contributed by atoms with E-state index in [2.05, 4.69) is 4.74 Å². The monoisotopic (exact) mass is 233 g/mol. The maximum Gasteiger partial charge on any atom is 0.339 e. The molecular weight excluding hydrogens is 225 g/mol. The Kier molecular flexibility index (Phi) is 3.06. The number of carbonyl (C=O) groups excluding carboxylic acids is 1. The maximum absolute atomic E-state index is 12.8. The van der Waals surface area contributed by atoms with Gasteiger partial charge in [0.2, 0.25) is 10.0 Å². The number of benzene rings is 1. The first-order valence-electron chi connectivity index (χ1n) is 3.77. The quantitative estimate of drug-likeness (QED) is 0.742. The molecule has 2 N–H and O–H groups in total. The van der Waals surface area contributed by atoms with Crippen molar-refractivity contribution in [3.63, 3.8) is 0 Å². The van der Waals surface area contributed by atoms with E-state index in [1.807, 2.05) is 0 Å². The van der Waals surface area contributed by atoms with Crippen LogP contribution >= 0.6 is 0 Å². The van der Waals surface area contributed by atoms with Crippen molar-refractivity contribution in [2.75, 3.05) is 7.11 Å². The van der Waals surface area contributed by atoms with Crippen LogP contribution < -0.4 is 5.14 Å². The lowest BCUT2D eigenvalue weighted by Crippen LogP contribution is -2.17. The summed E-state index contributed by atoms with van der Waals surface area (Å²) in [5, 5.41) is 4.84. The molecule has 0 amide bonds. The third kappa shape index (κ3) is 2.51. The van der Waals surface area contributed by atoms with Gasteiger partial charge < -0.3 is 4.74 Å². The molecule has 0 unspecified atom stereocenters. The molecule has 1 aromatic carbocycles. The van der Waals surface area contributed by atoms with E-state index >= 15 is 0 Å². The van der Waals surface area contributed by atoms with Gasteiger partial charge in [0, 0.05) is 0 Å². The average molecular weight is 233 g/mol.